The van der Waals surface area contributed by atoms with Crippen molar-refractivity contribution in [1.82, 2.24) is 0 Å². The molecular weight excluding hydrogens is 228 g/mol. The van der Waals surface area contributed by atoms with Crippen LogP contribution in [0.4, 0.5) is 17.6 Å². The van der Waals surface area contributed by atoms with Gasteiger partial charge in [0.2, 0.25) is 0 Å². The Balaban J connectivity index is 4.28. The number of rotatable bonds is 2. The molecule has 2 nitrogen and oxygen atoms in total. The van der Waals surface area contributed by atoms with Gasteiger partial charge < -0.3 is 4.74 Å². The predicted molar refractivity (Wildman–Crippen MR) is 49.2 cm³/mol. The molecule has 0 aliphatic carbocycles. The molecule has 16 heavy (non-hydrogen) atoms. The highest BCUT2D eigenvalue weighted by atomic mass is 19.3. The van der Waals surface area contributed by atoms with E-state index in [0.29, 0.717) is 0 Å². The summed E-state index contributed by atoms with van der Waals surface area (Å²) in [5, 5.41) is 0. The standard InChI is InChI=1S/C10H12F4O2/c1-9(2,3)16-7(15)5-4-6-10(13,14)8(11)12/h8H,6H2,1-3H3. The van der Waals surface area contributed by atoms with E-state index in [0.717, 1.165) is 0 Å². The smallest absolute Gasteiger partial charge is 0.384 e. The Morgan fingerprint density at radius 2 is 1.81 bits per heavy atom. The predicted octanol–water partition coefficient (Wildman–Crippen LogP) is 2.62. The van der Waals surface area contributed by atoms with Gasteiger partial charge in [-0.05, 0) is 20.8 Å². The Kier molecular flexibility index (Phi) is 4.79. The van der Waals surface area contributed by atoms with Crippen molar-refractivity contribution in [3.63, 3.8) is 0 Å². The number of carbonyl (C=O) groups excluding carboxylic acids is 1. The molecule has 0 fully saturated rings. The van der Waals surface area contributed by atoms with E-state index in [1.165, 1.54) is 0 Å². The molecule has 0 rings (SSSR count). The average Bonchev–Trinajstić information content (AvgIpc) is 1.99. The van der Waals surface area contributed by atoms with Gasteiger partial charge in [-0.15, -0.1) is 0 Å². The van der Waals surface area contributed by atoms with Crippen LogP contribution in [0.5, 0.6) is 0 Å². The van der Waals surface area contributed by atoms with Crippen molar-refractivity contribution in [1.29, 1.82) is 0 Å². The number of halogens is 4. The van der Waals surface area contributed by atoms with E-state index >= 15 is 0 Å². The molecule has 92 valence electrons. The van der Waals surface area contributed by atoms with Gasteiger partial charge >= 0.3 is 18.3 Å². The first-order valence-corrected chi connectivity index (χ1v) is 4.42. The monoisotopic (exact) mass is 240 g/mol. The van der Waals surface area contributed by atoms with Gasteiger partial charge in [0, 0.05) is 5.92 Å². The number of esters is 1. The van der Waals surface area contributed by atoms with Crippen LogP contribution in [0.3, 0.4) is 0 Å². The third-order valence-electron chi connectivity index (χ3n) is 1.23. The number of hydrogen-bond acceptors (Lipinski definition) is 2. The third kappa shape index (κ3) is 6.27. The molecule has 0 unspecified atom stereocenters. The van der Waals surface area contributed by atoms with Crippen molar-refractivity contribution in [3.8, 4) is 11.8 Å². The van der Waals surface area contributed by atoms with Crippen LogP contribution >= 0.6 is 0 Å². The van der Waals surface area contributed by atoms with Gasteiger partial charge in [-0.1, -0.05) is 5.92 Å². The van der Waals surface area contributed by atoms with Crippen LogP contribution in [0.25, 0.3) is 0 Å². The summed E-state index contributed by atoms with van der Waals surface area (Å²) in [5.74, 6) is -1.82. The van der Waals surface area contributed by atoms with Gasteiger partial charge in [-0.3, -0.25) is 0 Å². The molecule has 0 atom stereocenters. The maximum Gasteiger partial charge on any atom is 0.384 e. The van der Waals surface area contributed by atoms with E-state index in [1.807, 2.05) is 0 Å². The fraction of sp³-hybridized carbons (Fsp3) is 0.700. The summed E-state index contributed by atoms with van der Waals surface area (Å²) in [6.07, 6.45) is -5.16. The van der Waals surface area contributed by atoms with Gasteiger partial charge in [0.25, 0.3) is 0 Å². The highest BCUT2D eigenvalue weighted by molar-refractivity contribution is 5.88. The first-order chi connectivity index (χ1) is 7.04. The minimum Gasteiger partial charge on any atom is -0.450 e. The molecule has 0 aromatic heterocycles. The van der Waals surface area contributed by atoms with Crippen molar-refractivity contribution in [2.45, 2.75) is 45.1 Å². The van der Waals surface area contributed by atoms with Crippen LogP contribution in [-0.2, 0) is 9.53 Å². The van der Waals surface area contributed by atoms with Crippen LogP contribution < -0.4 is 0 Å². The lowest BCUT2D eigenvalue weighted by Crippen LogP contribution is -2.26. The molecule has 0 aromatic carbocycles. The topological polar surface area (TPSA) is 26.3 Å². The van der Waals surface area contributed by atoms with E-state index in [9.17, 15) is 22.4 Å². The SMILES string of the molecule is CC(C)(C)OC(=O)C#CCC(F)(F)C(F)F. The molecule has 0 spiro atoms. The molecule has 0 amide bonds. The Labute approximate surface area is 91.0 Å². The van der Waals surface area contributed by atoms with Crippen LogP contribution in [0, 0.1) is 11.8 Å². The number of ether oxygens (including phenoxy) is 1. The van der Waals surface area contributed by atoms with E-state index in [-0.39, 0.29) is 0 Å². The lowest BCUT2D eigenvalue weighted by atomic mass is 10.2. The lowest BCUT2D eigenvalue weighted by Gasteiger charge is -2.17. The molecule has 0 aromatic rings. The van der Waals surface area contributed by atoms with Crippen LogP contribution in [0.15, 0.2) is 0 Å². The molecule has 0 bridgehead atoms. The Hall–Kier alpha value is -1.25. The summed E-state index contributed by atoms with van der Waals surface area (Å²) in [6.45, 7) is 4.71. The zero-order valence-corrected chi connectivity index (χ0v) is 9.11. The second kappa shape index (κ2) is 5.19. The number of alkyl halides is 4. The summed E-state index contributed by atoms with van der Waals surface area (Å²) in [6, 6.07) is 0. The maximum atomic E-state index is 12.3. The second-order valence-electron chi connectivity index (χ2n) is 4.04. The van der Waals surface area contributed by atoms with Gasteiger partial charge in [-0.2, -0.15) is 8.78 Å². The Morgan fingerprint density at radius 3 is 2.19 bits per heavy atom. The van der Waals surface area contributed by atoms with Crippen molar-refractivity contribution >= 4 is 5.97 Å². The molecule has 0 radical (unpaired) electrons. The van der Waals surface area contributed by atoms with Crippen LogP contribution in [0.1, 0.15) is 27.2 Å². The summed E-state index contributed by atoms with van der Waals surface area (Å²) < 4.78 is 52.7. The fourth-order valence-corrected chi connectivity index (χ4v) is 0.615. The largest absolute Gasteiger partial charge is 0.450 e. The van der Waals surface area contributed by atoms with Crippen molar-refractivity contribution in [2.75, 3.05) is 0 Å². The van der Waals surface area contributed by atoms with E-state index in [2.05, 4.69) is 4.74 Å². The normalized spacial score (nSPS) is 12.0. The van der Waals surface area contributed by atoms with E-state index in [1.54, 1.807) is 32.6 Å². The molecule has 0 N–H and O–H groups in total. The van der Waals surface area contributed by atoms with Gasteiger partial charge in [-0.25, -0.2) is 13.6 Å². The molecule has 6 heteroatoms. The lowest BCUT2D eigenvalue weighted by molar-refractivity contribution is -0.147. The fourth-order valence-electron chi connectivity index (χ4n) is 0.615. The van der Waals surface area contributed by atoms with Gasteiger partial charge in [0.15, 0.2) is 0 Å². The Bertz CT molecular complexity index is 307. The summed E-state index contributed by atoms with van der Waals surface area (Å²) >= 11 is 0. The molecule has 0 saturated carbocycles. The average molecular weight is 240 g/mol. The first kappa shape index (κ1) is 14.8. The molecule has 0 aliphatic rings. The molecular formula is C10H12F4O2. The van der Waals surface area contributed by atoms with Crippen molar-refractivity contribution in [3.05, 3.63) is 0 Å². The molecule has 0 saturated heterocycles. The third-order valence-corrected chi connectivity index (χ3v) is 1.23. The van der Waals surface area contributed by atoms with Crippen LogP contribution in [-0.4, -0.2) is 23.9 Å². The number of hydrogen-bond donors (Lipinski definition) is 0. The summed E-state index contributed by atoms with van der Waals surface area (Å²) in [7, 11) is 0. The maximum absolute atomic E-state index is 12.3. The number of carbonyl (C=O) groups is 1. The minimum atomic E-state index is -4.20. The second-order valence-corrected chi connectivity index (χ2v) is 4.04. The van der Waals surface area contributed by atoms with Crippen molar-refractivity contribution < 1.29 is 27.1 Å². The molecule has 0 aliphatic heterocycles. The highest BCUT2D eigenvalue weighted by Crippen LogP contribution is 2.25. The van der Waals surface area contributed by atoms with Gasteiger partial charge in [0.05, 0.1) is 6.42 Å². The van der Waals surface area contributed by atoms with E-state index in [4.69, 9.17) is 0 Å². The van der Waals surface area contributed by atoms with Crippen molar-refractivity contribution in [2.24, 2.45) is 0 Å². The van der Waals surface area contributed by atoms with E-state index < -0.39 is 30.3 Å². The molecule has 0 heterocycles. The summed E-state index contributed by atoms with van der Waals surface area (Å²) in [4.78, 5) is 10.9. The zero-order valence-electron chi connectivity index (χ0n) is 9.11. The van der Waals surface area contributed by atoms with Gasteiger partial charge in [0.1, 0.15) is 5.60 Å². The zero-order chi connectivity index (χ0) is 13.0. The first-order valence-electron chi connectivity index (χ1n) is 4.42. The highest BCUT2D eigenvalue weighted by Gasteiger charge is 2.39. The summed E-state index contributed by atoms with van der Waals surface area (Å²) in [5.41, 5.74) is -0.795. The quantitative estimate of drug-likeness (QED) is 0.321. The van der Waals surface area contributed by atoms with Crippen LogP contribution in [0.2, 0.25) is 0 Å². The minimum absolute atomic E-state index is 0.795. The Morgan fingerprint density at radius 1 is 1.31 bits per heavy atom.